The van der Waals surface area contributed by atoms with Gasteiger partial charge in [-0.05, 0) is 109 Å². The SMILES string of the molecule is c1ccc(-c2ccc(-c3ccc(-c4ccc(N(c5ccccc5)c5cccc6c5-c5ccccc5C65c6ccccc6-c6sc7ccccc7c65)cc4)cc3)cc2)cc1. The highest BCUT2D eigenvalue weighted by Gasteiger charge is 2.54. The first kappa shape index (κ1) is 33.8. The maximum atomic E-state index is 2.45. The van der Waals surface area contributed by atoms with Gasteiger partial charge in [-0.1, -0.05) is 188 Å². The summed E-state index contributed by atoms with van der Waals surface area (Å²) in [5.41, 5.74) is 19.7. The fourth-order valence-electron chi connectivity index (χ4n) is 9.95. The van der Waals surface area contributed by atoms with Crippen LogP contribution in [0.3, 0.4) is 0 Å². The molecule has 0 amide bonds. The maximum Gasteiger partial charge on any atom is 0.0740 e. The number of benzene rings is 9. The zero-order valence-electron chi connectivity index (χ0n) is 32.2. The van der Waals surface area contributed by atoms with Crippen molar-refractivity contribution in [3.05, 3.63) is 247 Å². The number of hydrogen-bond acceptors (Lipinski definition) is 2. The maximum absolute atomic E-state index is 2.45. The molecule has 9 aromatic carbocycles. The molecule has 1 atom stereocenters. The van der Waals surface area contributed by atoms with Crippen molar-refractivity contribution in [2.45, 2.75) is 5.41 Å². The van der Waals surface area contributed by atoms with Gasteiger partial charge in [0.25, 0.3) is 0 Å². The molecule has 1 aromatic heterocycles. The summed E-state index contributed by atoms with van der Waals surface area (Å²) in [5, 5.41) is 1.35. The van der Waals surface area contributed by atoms with Gasteiger partial charge in [0.2, 0.25) is 0 Å². The summed E-state index contributed by atoms with van der Waals surface area (Å²) in [5.74, 6) is 0. The Morgan fingerprint density at radius 2 is 0.797 bits per heavy atom. The molecule has 2 aliphatic rings. The average Bonchev–Trinajstić information content (AvgIpc) is 3.94. The monoisotopic (exact) mass is 767 g/mol. The summed E-state index contributed by atoms with van der Waals surface area (Å²) < 4.78 is 1.34. The molecule has 1 unspecified atom stereocenters. The fraction of sp³-hybridized carbons (Fsp3) is 0.0175. The second-order valence-electron chi connectivity index (χ2n) is 15.6. The molecule has 0 saturated heterocycles. The zero-order chi connectivity index (χ0) is 38.9. The van der Waals surface area contributed by atoms with Crippen LogP contribution in [0.2, 0.25) is 0 Å². The van der Waals surface area contributed by atoms with Gasteiger partial charge < -0.3 is 4.90 Å². The largest absolute Gasteiger partial charge is 0.310 e. The van der Waals surface area contributed by atoms with Crippen molar-refractivity contribution < 1.29 is 0 Å². The Kier molecular flexibility index (Phi) is 7.69. The van der Waals surface area contributed by atoms with Crippen molar-refractivity contribution in [1.29, 1.82) is 0 Å². The molecule has 12 rings (SSSR count). The lowest BCUT2D eigenvalue weighted by Crippen LogP contribution is -2.26. The topological polar surface area (TPSA) is 3.24 Å². The third-order valence-corrected chi connectivity index (χ3v) is 13.7. The molecule has 1 heterocycles. The van der Waals surface area contributed by atoms with E-state index in [1.807, 2.05) is 11.3 Å². The smallest absolute Gasteiger partial charge is 0.0740 e. The first-order valence-electron chi connectivity index (χ1n) is 20.3. The van der Waals surface area contributed by atoms with Crippen LogP contribution in [0, 0.1) is 0 Å². The van der Waals surface area contributed by atoms with E-state index in [9.17, 15) is 0 Å². The van der Waals surface area contributed by atoms with Crippen LogP contribution in [0.4, 0.5) is 17.1 Å². The summed E-state index contributed by atoms with van der Waals surface area (Å²) >= 11 is 1.93. The van der Waals surface area contributed by atoms with E-state index in [4.69, 9.17) is 0 Å². The second kappa shape index (κ2) is 13.4. The van der Waals surface area contributed by atoms with E-state index in [0.717, 1.165) is 11.4 Å². The van der Waals surface area contributed by atoms with E-state index in [-0.39, 0.29) is 0 Å². The van der Waals surface area contributed by atoms with Crippen LogP contribution in [0.1, 0.15) is 22.3 Å². The average molecular weight is 768 g/mol. The van der Waals surface area contributed by atoms with Gasteiger partial charge in [0, 0.05) is 26.5 Å². The van der Waals surface area contributed by atoms with Crippen molar-refractivity contribution in [3.63, 3.8) is 0 Å². The number of nitrogens with zero attached hydrogens (tertiary/aromatic N) is 1. The normalized spacial score (nSPS) is 14.5. The third kappa shape index (κ3) is 5.10. The summed E-state index contributed by atoms with van der Waals surface area (Å²) in [6.45, 7) is 0. The summed E-state index contributed by atoms with van der Waals surface area (Å²) in [6, 6.07) is 82.6. The number of anilines is 3. The van der Waals surface area contributed by atoms with Gasteiger partial charge in [-0.3, -0.25) is 0 Å². The molecular formula is C57H37NS. The molecule has 2 aliphatic carbocycles. The number of thiophene rings is 1. The van der Waals surface area contributed by atoms with E-state index in [2.05, 4.69) is 229 Å². The summed E-state index contributed by atoms with van der Waals surface area (Å²) in [4.78, 5) is 3.84. The van der Waals surface area contributed by atoms with Crippen LogP contribution in [0.5, 0.6) is 0 Å². The van der Waals surface area contributed by atoms with Crippen molar-refractivity contribution >= 4 is 38.5 Å². The summed E-state index contributed by atoms with van der Waals surface area (Å²) in [7, 11) is 0. The van der Waals surface area contributed by atoms with Crippen LogP contribution in [-0.4, -0.2) is 0 Å². The Morgan fingerprint density at radius 1 is 0.339 bits per heavy atom. The molecule has 0 saturated carbocycles. The van der Waals surface area contributed by atoms with Crippen LogP contribution in [-0.2, 0) is 5.41 Å². The Bertz CT molecular complexity index is 3180. The number of para-hydroxylation sites is 1. The van der Waals surface area contributed by atoms with E-state index in [0.29, 0.717) is 0 Å². The molecule has 2 heteroatoms. The van der Waals surface area contributed by atoms with Crippen LogP contribution >= 0.6 is 11.3 Å². The minimum absolute atomic E-state index is 0.421. The Morgan fingerprint density at radius 3 is 1.44 bits per heavy atom. The van der Waals surface area contributed by atoms with Crippen molar-refractivity contribution in [2.24, 2.45) is 0 Å². The lowest BCUT2D eigenvalue weighted by molar-refractivity contribution is 0.802. The Labute approximate surface area is 348 Å². The number of hydrogen-bond donors (Lipinski definition) is 0. The molecule has 0 bridgehead atoms. The van der Waals surface area contributed by atoms with Crippen LogP contribution in [0.15, 0.2) is 224 Å². The molecule has 1 spiro atoms. The lowest BCUT2D eigenvalue weighted by Gasteiger charge is -2.31. The molecular weight excluding hydrogens is 731 g/mol. The predicted octanol–water partition coefficient (Wildman–Crippen LogP) is 15.7. The van der Waals surface area contributed by atoms with Crippen molar-refractivity contribution in [3.8, 4) is 54.9 Å². The molecule has 1 nitrogen and oxygen atoms in total. The molecule has 0 radical (unpaired) electrons. The van der Waals surface area contributed by atoms with Crippen LogP contribution in [0.25, 0.3) is 65.0 Å². The molecule has 0 aliphatic heterocycles. The summed E-state index contributed by atoms with van der Waals surface area (Å²) in [6.07, 6.45) is 0. The first-order valence-corrected chi connectivity index (χ1v) is 21.2. The molecule has 0 N–H and O–H groups in total. The highest BCUT2D eigenvalue weighted by molar-refractivity contribution is 7.22. The van der Waals surface area contributed by atoms with E-state index in [1.54, 1.807) is 0 Å². The second-order valence-corrected chi connectivity index (χ2v) is 16.6. The van der Waals surface area contributed by atoms with Crippen molar-refractivity contribution in [2.75, 3.05) is 4.90 Å². The van der Waals surface area contributed by atoms with Gasteiger partial charge in [0.1, 0.15) is 0 Å². The molecule has 59 heavy (non-hydrogen) atoms. The third-order valence-electron chi connectivity index (χ3n) is 12.5. The minimum atomic E-state index is -0.421. The zero-order valence-corrected chi connectivity index (χ0v) is 33.0. The van der Waals surface area contributed by atoms with Crippen LogP contribution < -0.4 is 4.90 Å². The number of rotatable bonds is 6. The van der Waals surface area contributed by atoms with E-state index in [1.165, 1.54) is 93.0 Å². The standard InChI is InChI=1S/C57H37NS/c1-3-14-38(15-4-1)39-26-28-40(29-27-39)41-30-32-42(33-31-41)43-34-36-45(37-35-43)58(44-16-5-2-6-17-44)52-24-13-23-51-54(52)46-18-7-10-21-49(46)57(51)50-22-11-8-19-47(50)56-55(57)48-20-9-12-25-53(48)59-56/h1-37H. The predicted molar refractivity (Wildman–Crippen MR) is 249 cm³/mol. The van der Waals surface area contributed by atoms with Gasteiger partial charge in [0.05, 0.1) is 11.1 Å². The van der Waals surface area contributed by atoms with Gasteiger partial charge in [0.15, 0.2) is 0 Å². The lowest BCUT2D eigenvalue weighted by atomic mass is 9.70. The van der Waals surface area contributed by atoms with Gasteiger partial charge >= 0.3 is 0 Å². The van der Waals surface area contributed by atoms with E-state index >= 15 is 0 Å². The first-order chi connectivity index (χ1) is 29.3. The highest BCUT2D eigenvalue weighted by Crippen LogP contribution is 2.67. The number of fused-ring (bicyclic) bond motifs is 12. The molecule has 276 valence electrons. The molecule has 10 aromatic rings. The van der Waals surface area contributed by atoms with Crippen molar-refractivity contribution in [1.82, 2.24) is 0 Å². The Balaban J connectivity index is 0.968. The molecule has 0 fully saturated rings. The Hall–Kier alpha value is -7.26. The van der Waals surface area contributed by atoms with Gasteiger partial charge in [-0.2, -0.15) is 0 Å². The minimum Gasteiger partial charge on any atom is -0.310 e. The van der Waals surface area contributed by atoms with E-state index < -0.39 is 5.41 Å². The van der Waals surface area contributed by atoms with Gasteiger partial charge in [-0.15, -0.1) is 11.3 Å². The van der Waals surface area contributed by atoms with Gasteiger partial charge in [-0.25, -0.2) is 0 Å². The quantitative estimate of drug-likeness (QED) is 0.163. The highest BCUT2D eigenvalue weighted by atomic mass is 32.1. The fourth-order valence-corrected chi connectivity index (χ4v) is 11.3.